The molecule has 0 heterocycles. The molecule has 0 amide bonds. The Balaban J connectivity index is 2.86. The highest BCUT2D eigenvalue weighted by Gasteiger charge is 1.97. The zero-order chi connectivity index (χ0) is 11.1. The van der Waals surface area contributed by atoms with Gasteiger partial charge in [0.1, 0.15) is 12.4 Å². The van der Waals surface area contributed by atoms with Crippen LogP contribution in [0.2, 0.25) is 0 Å². The first-order valence-corrected chi connectivity index (χ1v) is 4.28. The molecule has 0 bridgehead atoms. The van der Waals surface area contributed by atoms with Crippen LogP contribution in [0.15, 0.2) is 30.3 Å². The van der Waals surface area contributed by atoms with Crippen molar-refractivity contribution >= 4 is 12.0 Å². The van der Waals surface area contributed by atoms with Gasteiger partial charge in [0.25, 0.3) is 0 Å². The molecule has 0 N–H and O–H groups in total. The molecule has 0 aliphatic heterocycles. The van der Waals surface area contributed by atoms with Gasteiger partial charge in [-0.2, -0.15) is 0 Å². The van der Waals surface area contributed by atoms with Crippen LogP contribution in [0.1, 0.15) is 5.56 Å². The lowest BCUT2D eigenvalue weighted by molar-refractivity contribution is -0.297. The molecule has 76 valence electrons. The van der Waals surface area contributed by atoms with Gasteiger partial charge in [-0.05, 0) is 18.2 Å². The maximum atomic E-state index is 10.2. The lowest BCUT2D eigenvalue weighted by atomic mass is 10.2. The van der Waals surface area contributed by atoms with Gasteiger partial charge in [-0.25, -0.2) is 0 Å². The second-order valence-electron chi connectivity index (χ2n) is 2.68. The molecule has 1 rings (SSSR count). The predicted octanol–water partition coefficient (Wildman–Crippen LogP) is 0.462. The van der Waals surface area contributed by atoms with Crippen LogP contribution in [0.3, 0.4) is 0 Å². The molecule has 0 unspecified atom stereocenters. The summed E-state index contributed by atoms with van der Waals surface area (Å²) in [6, 6.07) is 7.00. The van der Waals surface area contributed by atoms with Crippen molar-refractivity contribution in [1.29, 1.82) is 0 Å². The average Bonchev–Trinajstić information content (AvgIpc) is 2.24. The van der Waals surface area contributed by atoms with Crippen molar-refractivity contribution in [1.82, 2.24) is 0 Å². The van der Waals surface area contributed by atoms with E-state index in [-0.39, 0.29) is 6.61 Å². The van der Waals surface area contributed by atoms with Crippen LogP contribution in [0.4, 0.5) is 0 Å². The molecule has 0 saturated heterocycles. The highest BCUT2D eigenvalue weighted by atomic mass is 16.5. The topological polar surface area (TPSA) is 49.4 Å². The van der Waals surface area contributed by atoms with Crippen molar-refractivity contribution in [2.75, 3.05) is 6.61 Å². The van der Waals surface area contributed by atoms with Crippen molar-refractivity contribution in [3.05, 3.63) is 35.9 Å². The Morgan fingerprint density at radius 1 is 1.53 bits per heavy atom. The van der Waals surface area contributed by atoms with Crippen LogP contribution in [0.25, 0.3) is 6.08 Å². The van der Waals surface area contributed by atoms with Crippen molar-refractivity contribution in [2.24, 2.45) is 0 Å². The van der Waals surface area contributed by atoms with Gasteiger partial charge in [-0.1, -0.05) is 24.1 Å². The molecule has 0 atom stereocenters. The summed E-state index contributed by atoms with van der Waals surface area (Å²) in [5.74, 6) is 1.63. The maximum absolute atomic E-state index is 10.2. The molecule has 1 aromatic rings. The summed E-state index contributed by atoms with van der Waals surface area (Å²) in [5.41, 5.74) is 0.650. The van der Waals surface area contributed by atoms with Crippen LogP contribution in [-0.2, 0) is 4.79 Å². The number of aliphatic carboxylic acids is 1. The number of rotatable bonds is 4. The largest absolute Gasteiger partial charge is 0.545 e. The zero-order valence-electron chi connectivity index (χ0n) is 7.97. The molecule has 0 spiro atoms. The third-order valence-corrected chi connectivity index (χ3v) is 1.63. The summed E-state index contributed by atoms with van der Waals surface area (Å²) in [7, 11) is 0. The molecule has 3 heteroatoms. The Labute approximate surface area is 88.0 Å². The number of carboxylic acids is 1. The normalized spacial score (nSPS) is 9.80. The van der Waals surface area contributed by atoms with E-state index in [9.17, 15) is 9.90 Å². The Kier molecular flexibility index (Phi) is 3.99. The number of carbonyl (C=O) groups is 1. The van der Waals surface area contributed by atoms with Crippen LogP contribution in [-0.4, -0.2) is 12.6 Å². The molecule has 3 nitrogen and oxygen atoms in total. The predicted molar refractivity (Wildman–Crippen MR) is 54.8 cm³/mol. The van der Waals surface area contributed by atoms with Crippen molar-refractivity contribution in [3.8, 4) is 18.1 Å². The van der Waals surface area contributed by atoms with E-state index in [1.165, 1.54) is 6.08 Å². The standard InChI is InChI=1S/C12H10O3/c1-2-9-15-11-6-4-3-5-10(11)7-8-12(13)14/h1,3-8H,9H2,(H,13,14)/p-1/b8-7+. The van der Waals surface area contributed by atoms with Gasteiger partial charge in [0, 0.05) is 5.56 Å². The first-order valence-electron chi connectivity index (χ1n) is 4.28. The minimum absolute atomic E-state index is 0.149. The van der Waals surface area contributed by atoms with E-state index < -0.39 is 5.97 Å². The maximum Gasteiger partial charge on any atom is 0.148 e. The quantitative estimate of drug-likeness (QED) is 0.525. The number of para-hydroxylation sites is 1. The van der Waals surface area contributed by atoms with Crippen LogP contribution < -0.4 is 9.84 Å². The summed E-state index contributed by atoms with van der Waals surface area (Å²) in [6.45, 7) is 0.149. The van der Waals surface area contributed by atoms with E-state index in [1.54, 1.807) is 24.3 Å². The van der Waals surface area contributed by atoms with Gasteiger partial charge in [0.15, 0.2) is 0 Å². The Bertz CT molecular complexity index is 413. The van der Waals surface area contributed by atoms with E-state index in [0.717, 1.165) is 6.08 Å². The van der Waals surface area contributed by atoms with Gasteiger partial charge in [0.05, 0.1) is 5.97 Å². The van der Waals surface area contributed by atoms with E-state index in [2.05, 4.69) is 5.92 Å². The second-order valence-corrected chi connectivity index (χ2v) is 2.68. The highest BCUT2D eigenvalue weighted by Crippen LogP contribution is 2.18. The average molecular weight is 201 g/mol. The number of hydrogen-bond donors (Lipinski definition) is 0. The summed E-state index contributed by atoms with van der Waals surface area (Å²) in [5, 5.41) is 10.2. The van der Waals surface area contributed by atoms with E-state index in [0.29, 0.717) is 11.3 Å². The number of ether oxygens (including phenoxy) is 1. The van der Waals surface area contributed by atoms with Gasteiger partial charge in [-0.3, -0.25) is 0 Å². The molecule has 15 heavy (non-hydrogen) atoms. The third kappa shape index (κ3) is 3.57. The van der Waals surface area contributed by atoms with E-state index >= 15 is 0 Å². The monoisotopic (exact) mass is 201 g/mol. The Morgan fingerprint density at radius 2 is 2.27 bits per heavy atom. The summed E-state index contributed by atoms with van der Waals surface area (Å²) >= 11 is 0. The van der Waals surface area contributed by atoms with Gasteiger partial charge < -0.3 is 14.6 Å². The molecular weight excluding hydrogens is 192 g/mol. The highest BCUT2D eigenvalue weighted by molar-refractivity contribution is 5.84. The van der Waals surface area contributed by atoms with E-state index in [1.807, 2.05) is 0 Å². The van der Waals surface area contributed by atoms with Crippen LogP contribution in [0, 0.1) is 12.3 Å². The summed E-state index contributed by atoms with van der Waals surface area (Å²) in [4.78, 5) is 10.2. The van der Waals surface area contributed by atoms with Crippen molar-refractivity contribution in [2.45, 2.75) is 0 Å². The molecule has 0 saturated carbocycles. The minimum atomic E-state index is -1.25. The zero-order valence-corrected chi connectivity index (χ0v) is 7.97. The van der Waals surface area contributed by atoms with Crippen LogP contribution in [0.5, 0.6) is 5.75 Å². The van der Waals surface area contributed by atoms with E-state index in [4.69, 9.17) is 11.2 Å². The number of carboxylic acid groups (broad SMARTS) is 1. The number of benzene rings is 1. The van der Waals surface area contributed by atoms with Crippen LogP contribution >= 0.6 is 0 Å². The number of hydrogen-bond acceptors (Lipinski definition) is 3. The summed E-state index contributed by atoms with van der Waals surface area (Å²) in [6.07, 6.45) is 7.40. The first-order chi connectivity index (χ1) is 7.24. The first kappa shape index (κ1) is 10.9. The molecular formula is C12H9O3-. The molecule has 1 aromatic carbocycles. The molecule has 0 fully saturated rings. The summed E-state index contributed by atoms with van der Waals surface area (Å²) < 4.78 is 5.22. The Hall–Kier alpha value is -2.21. The van der Waals surface area contributed by atoms with Gasteiger partial charge in [-0.15, -0.1) is 6.42 Å². The fourth-order valence-electron chi connectivity index (χ4n) is 1.03. The smallest absolute Gasteiger partial charge is 0.148 e. The van der Waals surface area contributed by atoms with Crippen molar-refractivity contribution < 1.29 is 14.6 Å². The second kappa shape index (κ2) is 5.51. The third-order valence-electron chi connectivity index (χ3n) is 1.63. The minimum Gasteiger partial charge on any atom is -0.545 e. The lowest BCUT2D eigenvalue weighted by Gasteiger charge is -2.05. The SMILES string of the molecule is C#CCOc1ccccc1/C=C/C(=O)[O-]. The fraction of sp³-hybridized carbons (Fsp3) is 0.0833. The molecule has 0 aromatic heterocycles. The molecule has 0 aliphatic rings. The number of terminal acetylenes is 1. The van der Waals surface area contributed by atoms with Gasteiger partial charge >= 0.3 is 0 Å². The Morgan fingerprint density at radius 3 is 2.93 bits per heavy atom. The van der Waals surface area contributed by atoms with Crippen molar-refractivity contribution in [3.63, 3.8) is 0 Å². The number of carbonyl (C=O) groups excluding carboxylic acids is 1. The lowest BCUT2D eigenvalue weighted by Crippen LogP contribution is -2.18. The molecule has 0 radical (unpaired) electrons. The molecule has 0 aliphatic carbocycles. The van der Waals surface area contributed by atoms with Gasteiger partial charge in [0.2, 0.25) is 0 Å². The fourth-order valence-corrected chi connectivity index (χ4v) is 1.03.